The number of hydrogen-bond acceptors (Lipinski definition) is 4. The number of aromatic nitrogens is 2. The average molecular weight is 262 g/mol. The van der Waals surface area contributed by atoms with Crippen molar-refractivity contribution in [1.82, 2.24) is 14.7 Å². The Morgan fingerprint density at radius 1 is 1.63 bits per heavy atom. The van der Waals surface area contributed by atoms with Crippen LogP contribution in [0.5, 0.6) is 0 Å². The van der Waals surface area contributed by atoms with Crippen LogP contribution in [0.15, 0.2) is 12.4 Å². The topological polar surface area (TPSA) is 71.2 Å². The molecule has 1 aliphatic rings. The first kappa shape index (κ1) is 13.6. The summed E-state index contributed by atoms with van der Waals surface area (Å²) in [4.78, 5) is 14.1. The summed E-state index contributed by atoms with van der Waals surface area (Å²) in [6.07, 6.45) is 4.54. The number of carbonyl (C=O) groups is 1. The Kier molecular flexibility index (Phi) is 3.86. The van der Waals surface area contributed by atoms with Crippen LogP contribution in [0.2, 0.25) is 0 Å². The van der Waals surface area contributed by atoms with Gasteiger partial charge in [0.05, 0.1) is 12.3 Å². The Hall–Kier alpha value is -1.87. The standard InChI is InChI=1S/C13H18N4O2/c1-16(8-11-7-15-17(2)9-11)12(18)13(10-14)3-5-19-6-4-13/h7,9H,3-6,8H2,1-2H3. The van der Waals surface area contributed by atoms with Crippen LogP contribution in [-0.2, 0) is 23.1 Å². The van der Waals surface area contributed by atoms with Crippen LogP contribution in [0.1, 0.15) is 18.4 Å². The third kappa shape index (κ3) is 2.76. The zero-order valence-corrected chi connectivity index (χ0v) is 11.3. The van der Waals surface area contributed by atoms with Gasteiger partial charge < -0.3 is 9.64 Å². The number of hydrogen-bond donors (Lipinski definition) is 0. The van der Waals surface area contributed by atoms with Crippen LogP contribution < -0.4 is 0 Å². The normalized spacial score (nSPS) is 17.7. The van der Waals surface area contributed by atoms with E-state index in [0.29, 0.717) is 32.6 Å². The molecular weight excluding hydrogens is 244 g/mol. The zero-order valence-electron chi connectivity index (χ0n) is 11.3. The van der Waals surface area contributed by atoms with E-state index in [1.54, 1.807) is 22.8 Å². The van der Waals surface area contributed by atoms with Crippen molar-refractivity contribution in [3.05, 3.63) is 18.0 Å². The maximum Gasteiger partial charge on any atom is 0.243 e. The minimum absolute atomic E-state index is 0.123. The third-order valence-corrected chi connectivity index (χ3v) is 3.49. The van der Waals surface area contributed by atoms with Gasteiger partial charge in [-0.3, -0.25) is 9.48 Å². The van der Waals surface area contributed by atoms with Crippen molar-refractivity contribution >= 4 is 5.91 Å². The molecule has 102 valence electrons. The monoisotopic (exact) mass is 262 g/mol. The summed E-state index contributed by atoms with van der Waals surface area (Å²) >= 11 is 0. The number of amides is 1. The lowest BCUT2D eigenvalue weighted by atomic mass is 9.80. The molecule has 0 unspecified atom stereocenters. The maximum atomic E-state index is 12.5. The second-order valence-electron chi connectivity index (χ2n) is 4.99. The van der Waals surface area contributed by atoms with Gasteiger partial charge >= 0.3 is 0 Å². The molecule has 2 rings (SSSR count). The molecule has 0 atom stereocenters. The lowest BCUT2D eigenvalue weighted by Gasteiger charge is -2.32. The van der Waals surface area contributed by atoms with Crippen molar-refractivity contribution in [3.63, 3.8) is 0 Å². The van der Waals surface area contributed by atoms with Crippen LogP contribution >= 0.6 is 0 Å². The molecular formula is C13H18N4O2. The maximum absolute atomic E-state index is 12.5. The fraction of sp³-hybridized carbons (Fsp3) is 0.615. The van der Waals surface area contributed by atoms with E-state index >= 15 is 0 Å². The molecule has 1 aromatic rings. The van der Waals surface area contributed by atoms with Gasteiger partial charge in [-0.1, -0.05) is 0 Å². The second kappa shape index (κ2) is 5.41. The molecule has 0 bridgehead atoms. The number of carbonyl (C=O) groups excluding carboxylic acids is 1. The third-order valence-electron chi connectivity index (χ3n) is 3.49. The largest absolute Gasteiger partial charge is 0.381 e. The fourth-order valence-corrected chi connectivity index (χ4v) is 2.36. The van der Waals surface area contributed by atoms with E-state index in [-0.39, 0.29) is 5.91 Å². The van der Waals surface area contributed by atoms with Gasteiger partial charge in [0.25, 0.3) is 0 Å². The molecule has 1 aliphatic heterocycles. The summed E-state index contributed by atoms with van der Waals surface area (Å²) in [5.41, 5.74) is 0.0355. The lowest BCUT2D eigenvalue weighted by molar-refractivity contribution is -0.142. The molecule has 1 amide bonds. The van der Waals surface area contributed by atoms with Crippen molar-refractivity contribution < 1.29 is 9.53 Å². The van der Waals surface area contributed by atoms with Gasteiger partial charge in [0.1, 0.15) is 5.41 Å². The predicted molar refractivity (Wildman–Crippen MR) is 67.8 cm³/mol. The Morgan fingerprint density at radius 3 is 2.84 bits per heavy atom. The van der Waals surface area contributed by atoms with Gasteiger partial charge in [-0.25, -0.2) is 0 Å². The molecule has 1 saturated heterocycles. The van der Waals surface area contributed by atoms with Crippen LogP contribution in [0.4, 0.5) is 0 Å². The Morgan fingerprint density at radius 2 is 2.32 bits per heavy atom. The smallest absolute Gasteiger partial charge is 0.243 e. The zero-order chi connectivity index (χ0) is 13.9. The number of nitriles is 1. The summed E-state index contributed by atoms with van der Waals surface area (Å²) in [5, 5.41) is 13.4. The van der Waals surface area contributed by atoms with E-state index in [0.717, 1.165) is 5.56 Å². The Bertz CT molecular complexity index is 497. The molecule has 1 aromatic heterocycles. The summed E-state index contributed by atoms with van der Waals surface area (Å²) in [6.45, 7) is 1.41. The Balaban J connectivity index is 2.07. The van der Waals surface area contributed by atoms with Crippen molar-refractivity contribution in [2.45, 2.75) is 19.4 Å². The molecule has 0 spiro atoms. The van der Waals surface area contributed by atoms with Gasteiger partial charge in [-0.2, -0.15) is 10.4 Å². The molecule has 6 nitrogen and oxygen atoms in total. The molecule has 6 heteroatoms. The quantitative estimate of drug-likeness (QED) is 0.804. The first-order valence-electron chi connectivity index (χ1n) is 6.29. The molecule has 1 fully saturated rings. The SMILES string of the molecule is CN(Cc1cnn(C)c1)C(=O)C1(C#N)CCOCC1. The highest BCUT2D eigenvalue weighted by Crippen LogP contribution is 2.32. The molecule has 0 N–H and O–H groups in total. The van der Waals surface area contributed by atoms with Gasteiger partial charge in [0.2, 0.25) is 5.91 Å². The van der Waals surface area contributed by atoms with Crippen LogP contribution in [0.25, 0.3) is 0 Å². The number of ether oxygens (including phenoxy) is 1. The highest BCUT2D eigenvalue weighted by Gasteiger charge is 2.42. The molecule has 19 heavy (non-hydrogen) atoms. The average Bonchev–Trinajstić information content (AvgIpc) is 2.84. The number of aryl methyl sites for hydroxylation is 1. The van der Waals surface area contributed by atoms with Gasteiger partial charge in [0.15, 0.2) is 0 Å². The van der Waals surface area contributed by atoms with Crippen molar-refractivity contribution in [1.29, 1.82) is 5.26 Å². The molecule has 0 aliphatic carbocycles. The van der Waals surface area contributed by atoms with Gasteiger partial charge in [-0.05, 0) is 12.8 Å². The van der Waals surface area contributed by atoms with Crippen LogP contribution in [0, 0.1) is 16.7 Å². The second-order valence-corrected chi connectivity index (χ2v) is 4.99. The van der Waals surface area contributed by atoms with E-state index in [9.17, 15) is 10.1 Å². The number of nitrogens with zero attached hydrogens (tertiary/aromatic N) is 4. The van der Waals surface area contributed by atoms with E-state index in [1.807, 2.05) is 13.2 Å². The minimum Gasteiger partial charge on any atom is -0.381 e. The van der Waals surface area contributed by atoms with Gasteiger partial charge in [-0.15, -0.1) is 0 Å². The first-order chi connectivity index (χ1) is 9.07. The highest BCUT2D eigenvalue weighted by atomic mass is 16.5. The van der Waals surface area contributed by atoms with E-state index in [4.69, 9.17) is 4.74 Å². The van der Waals surface area contributed by atoms with E-state index in [1.165, 1.54) is 0 Å². The predicted octanol–water partition coefficient (Wildman–Crippen LogP) is 0.699. The fourth-order valence-electron chi connectivity index (χ4n) is 2.36. The first-order valence-corrected chi connectivity index (χ1v) is 6.29. The van der Waals surface area contributed by atoms with E-state index < -0.39 is 5.41 Å². The molecule has 0 radical (unpaired) electrons. The summed E-state index contributed by atoms with van der Waals surface area (Å²) < 4.78 is 6.94. The van der Waals surface area contributed by atoms with Crippen LogP contribution in [-0.4, -0.2) is 40.8 Å². The summed E-state index contributed by atoms with van der Waals surface area (Å²) in [6, 6.07) is 2.20. The van der Waals surface area contributed by atoms with Crippen molar-refractivity contribution in [2.75, 3.05) is 20.3 Å². The number of rotatable bonds is 3. The van der Waals surface area contributed by atoms with Gasteiger partial charge in [0, 0.05) is 45.6 Å². The van der Waals surface area contributed by atoms with Crippen molar-refractivity contribution in [2.24, 2.45) is 12.5 Å². The summed E-state index contributed by atoms with van der Waals surface area (Å²) in [7, 11) is 3.56. The summed E-state index contributed by atoms with van der Waals surface area (Å²) in [5.74, 6) is -0.123. The van der Waals surface area contributed by atoms with Crippen LogP contribution in [0.3, 0.4) is 0 Å². The highest BCUT2D eigenvalue weighted by molar-refractivity contribution is 5.85. The van der Waals surface area contributed by atoms with Crippen molar-refractivity contribution in [3.8, 4) is 6.07 Å². The molecule has 0 saturated carbocycles. The lowest BCUT2D eigenvalue weighted by Crippen LogP contribution is -2.44. The molecule has 2 heterocycles. The molecule has 0 aromatic carbocycles. The minimum atomic E-state index is -0.921. The Labute approximate surface area is 112 Å². The van der Waals surface area contributed by atoms with E-state index in [2.05, 4.69) is 11.2 Å².